The van der Waals surface area contributed by atoms with Crippen LogP contribution in [0.5, 0.6) is 0 Å². The molecule has 0 amide bonds. The first-order chi connectivity index (χ1) is 4.14. The SMILES string of the molecule is C#CC1=COP(=O)(O)S1. The van der Waals surface area contributed by atoms with Gasteiger partial charge in [-0.05, 0) is 0 Å². The third-order valence-electron chi connectivity index (χ3n) is 0.649. The fourth-order valence-corrected chi connectivity index (χ4v) is 2.38. The van der Waals surface area contributed by atoms with Crippen molar-refractivity contribution in [3.05, 3.63) is 11.2 Å². The number of hydrogen-bond donors (Lipinski definition) is 1. The highest BCUT2D eigenvalue weighted by Crippen LogP contribution is 2.63. The van der Waals surface area contributed by atoms with Gasteiger partial charge >= 0.3 is 6.80 Å². The zero-order valence-corrected chi connectivity index (χ0v) is 5.98. The van der Waals surface area contributed by atoms with Crippen LogP contribution >= 0.6 is 18.2 Å². The van der Waals surface area contributed by atoms with E-state index in [2.05, 4.69) is 10.4 Å². The third kappa shape index (κ3) is 1.52. The summed E-state index contributed by atoms with van der Waals surface area (Å²) in [5, 5.41) is 0. The number of rotatable bonds is 0. The van der Waals surface area contributed by atoms with E-state index in [0.717, 1.165) is 6.26 Å². The Morgan fingerprint density at radius 1 is 2.00 bits per heavy atom. The topological polar surface area (TPSA) is 46.5 Å². The highest BCUT2D eigenvalue weighted by Gasteiger charge is 2.28. The average molecular weight is 162 g/mol. The lowest BCUT2D eigenvalue weighted by molar-refractivity contribution is 0.373. The molecule has 5 heteroatoms. The molecule has 48 valence electrons. The Hall–Kier alpha value is -0.360. The van der Waals surface area contributed by atoms with Gasteiger partial charge in [0.1, 0.15) is 11.2 Å². The van der Waals surface area contributed by atoms with Crippen molar-refractivity contribution in [1.82, 2.24) is 0 Å². The van der Waals surface area contributed by atoms with Crippen LogP contribution in [0.2, 0.25) is 0 Å². The molecule has 0 bridgehead atoms. The molecule has 0 saturated heterocycles. The summed E-state index contributed by atoms with van der Waals surface area (Å²) < 4.78 is 14.8. The van der Waals surface area contributed by atoms with E-state index in [1.54, 1.807) is 0 Å². The molecule has 0 radical (unpaired) electrons. The molecule has 0 aromatic carbocycles. The van der Waals surface area contributed by atoms with Crippen molar-refractivity contribution < 1.29 is 14.0 Å². The van der Waals surface area contributed by atoms with Gasteiger partial charge in [0.15, 0.2) is 0 Å². The minimum atomic E-state index is -3.43. The van der Waals surface area contributed by atoms with E-state index in [1.807, 2.05) is 0 Å². The minimum absolute atomic E-state index is 0.362. The fourth-order valence-electron chi connectivity index (χ4n) is 0.342. The van der Waals surface area contributed by atoms with E-state index in [-0.39, 0.29) is 0 Å². The van der Waals surface area contributed by atoms with Crippen molar-refractivity contribution >= 4 is 18.2 Å². The smallest absolute Gasteiger partial charge is 0.423 e. The lowest BCUT2D eigenvalue weighted by Crippen LogP contribution is -1.64. The Bertz CT molecular complexity index is 239. The van der Waals surface area contributed by atoms with Crippen molar-refractivity contribution in [1.29, 1.82) is 0 Å². The Kier molecular flexibility index (Phi) is 1.58. The van der Waals surface area contributed by atoms with Crippen molar-refractivity contribution in [2.45, 2.75) is 0 Å². The monoisotopic (exact) mass is 162 g/mol. The van der Waals surface area contributed by atoms with Crippen LogP contribution < -0.4 is 0 Å². The summed E-state index contributed by atoms with van der Waals surface area (Å²) in [7, 11) is 0. The van der Waals surface area contributed by atoms with Crippen molar-refractivity contribution in [2.75, 3.05) is 0 Å². The maximum absolute atomic E-state index is 10.5. The van der Waals surface area contributed by atoms with E-state index < -0.39 is 6.80 Å². The molecule has 1 heterocycles. The van der Waals surface area contributed by atoms with Crippen LogP contribution in [0.4, 0.5) is 0 Å². The van der Waals surface area contributed by atoms with Gasteiger partial charge in [0, 0.05) is 11.4 Å². The average Bonchev–Trinajstić information content (AvgIpc) is 2.10. The lowest BCUT2D eigenvalue weighted by Gasteiger charge is -1.96. The molecule has 0 aromatic heterocycles. The summed E-state index contributed by atoms with van der Waals surface area (Å²) in [6.07, 6.45) is 6.02. The second kappa shape index (κ2) is 2.11. The third-order valence-corrected chi connectivity index (χ3v) is 3.20. The molecule has 0 fully saturated rings. The standard InChI is InChI=1S/C4H3O3PS/c1-2-4-3-7-8(5,6)9-4/h1,3H,(H,5,6). The zero-order chi connectivity index (χ0) is 6.91. The molecule has 1 unspecified atom stereocenters. The predicted molar refractivity (Wildman–Crippen MR) is 35.4 cm³/mol. The Morgan fingerprint density at radius 2 is 2.67 bits per heavy atom. The lowest BCUT2D eigenvalue weighted by atomic mass is 10.6. The highest BCUT2D eigenvalue weighted by atomic mass is 32.7. The van der Waals surface area contributed by atoms with E-state index in [1.165, 1.54) is 0 Å². The van der Waals surface area contributed by atoms with Crippen LogP contribution in [0, 0.1) is 12.3 Å². The number of terminal acetylenes is 1. The molecule has 0 saturated carbocycles. The van der Waals surface area contributed by atoms with Crippen LogP contribution in [-0.2, 0) is 9.09 Å². The summed E-state index contributed by atoms with van der Waals surface area (Å²) >= 11 is 0.682. The first-order valence-corrected chi connectivity index (χ1v) is 5.01. The molecule has 1 rings (SSSR count). The summed E-state index contributed by atoms with van der Waals surface area (Å²) in [6.45, 7) is -3.43. The molecule has 9 heavy (non-hydrogen) atoms. The van der Waals surface area contributed by atoms with Crippen LogP contribution in [0.25, 0.3) is 0 Å². The maximum Gasteiger partial charge on any atom is 0.442 e. The first kappa shape index (κ1) is 6.76. The van der Waals surface area contributed by atoms with Crippen LogP contribution in [0.1, 0.15) is 0 Å². The summed E-state index contributed by atoms with van der Waals surface area (Å²) in [4.78, 5) is 9.01. The normalized spacial score (nSPS) is 32.7. The Labute approximate surface area is 56.4 Å². The van der Waals surface area contributed by atoms with Crippen LogP contribution in [-0.4, -0.2) is 4.89 Å². The van der Waals surface area contributed by atoms with Gasteiger partial charge in [0.05, 0.1) is 0 Å². The van der Waals surface area contributed by atoms with Gasteiger partial charge in [0.25, 0.3) is 0 Å². The molecule has 0 aliphatic carbocycles. The van der Waals surface area contributed by atoms with Gasteiger partial charge in [0.2, 0.25) is 0 Å². The zero-order valence-electron chi connectivity index (χ0n) is 4.27. The quantitative estimate of drug-likeness (QED) is 0.431. The molecule has 1 N–H and O–H groups in total. The summed E-state index contributed by atoms with van der Waals surface area (Å²) in [5.41, 5.74) is 0. The van der Waals surface area contributed by atoms with Crippen LogP contribution in [0.15, 0.2) is 11.2 Å². The molecular formula is C4H3O3PS. The van der Waals surface area contributed by atoms with E-state index in [9.17, 15) is 4.57 Å². The summed E-state index contributed by atoms with van der Waals surface area (Å²) in [6, 6.07) is 0. The van der Waals surface area contributed by atoms with E-state index in [0.29, 0.717) is 16.3 Å². The molecule has 3 nitrogen and oxygen atoms in total. The van der Waals surface area contributed by atoms with Gasteiger partial charge in [-0.25, -0.2) is 4.57 Å². The molecule has 0 spiro atoms. The Balaban J connectivity index is 2.74. The van der Waals surface area contributed by atoms with Gasteiger partial charge in [-0.3, -0.25) is 0 Å². The van der Waals surface area contributed by atoms with Crippen molar-refractivity contribution in [3.8, 4) is 12.3 Å². The van der Waals surface area contributed by atoms with Gasteiger partial charge in [-0.1, -0.05) is 5.92 Å². The second-order valence-electron chi connectivity index (χ2n) is 1.29. The minimum Gasteiger partial charge on any atom is -0.423 e. The largest absolute Gasteiger partial charge is 0.442 e. The maximum atomic E-state index is 10.5. The first-order valence-electron chi connectivity index (χ1n) is 2.01. The highest BCUT2D eigenvalue weighted by molar-refractivity contribution is 8.57. The van der Waals surface area contributed by atoms with E-state index >= 15 is 0 Å². The fraction of sp³-hybridized carbons (Fsp3) is 0. The van der Waals surface area contributed by atoms with Crippen molar-refractivity contribution in [2.24, 2.45) is 0 Å². The van der Waals surface area contributed by atoms with Gasteiger partial charge < -0.3 is 9.42 Å². The van der Waals surface area contributed by atoms with Gasteiger partial charge in [-0.2, -0.15) is 0 Å². The number of hydrogen-bond acceptors (Lipinski definition) is 3. The molecular weight excluding hydrogens is 159 g/mol. The molecule has 1 atom stereocenters. The molecule has 0 aromatic rings. The van der Waals surface area contributed by atoms with Gasteiger partial charge in [-0.15, -0.1) is 6.42 Å². The number of allylic oxidation sites excluding steroid dienone is 1. The molecule has 1 aliphatic heterocycles. The van der Waals surface area contributed by atoms with Crippen LogP contribution in [0.3, 0.4) is 0 Å². The molecule has 1 aliphatic rings. The van der Waals surface area contributed by atoms with E-state index in [4.69, 9.17) is 11.3 Å². The summed E-state index contributed by atoms with van der Waals surface area (Å²) in [5.74, 6) is 2.19. The Morgan fingerprint density at radius 3 is 2.89 bits per heavy atom. The predicted octanol–water partition coefficient (Wildman–Crippen LogP) is 1.32. The van der Waals surface area contributed by atoms with Crippen molar-refractivity contribution in [3.63, 3.8) is 0 Å². The second-order valence-corrected chi connectivity index (χ2v) is 4.99.